The number of benzene rings is 2. The highest BCUT2D eigenvalue weighted by Crippen LogP contribution is 2.21. The van der Waals surface area contributed by atoms with Crippen molar-refractivity contribution in [1.82, 2.24) is 5.32 Å². The highest BCUT2D eigenvalue weighted by molar-refractivity contribution is 5.94. The summed E-state index contributed by atoms with van der Waals surface area (Å²) in [6, 6.07) is 14.5. The van der Waals surface area contributed by atoms with E-state index in [2.05, 4.69) is 5.32 Å². The minimum absolute atomic E-state index is 0.0575. The van der Waals surface area contributed by atoms with Crippen molar-refractivity contribution in [3.05, 3.63) is 65.2 Å². The molecule has 0 saturated heterocycles. The number of aromatic hydroxyl groups is 1. The summed E-state index contributed by atoms with van der Waals surface area (Å²) >= 11 is 0. The van der Waals surface area contributed by atoms with E-state index in [1.54, 1.807) is 19.1 Å². The number of amides is 1. The lowest BCUT2D eigenvalue weighted by molar-refractivity contribution is -0.124. The van der Waals surface area contributed by atoms with Crippen molar-refractivity contribution in [2.75, 3.05) is 13.2 Å². The van der Waals surface area contributed by atoms with Gasteiger partial charge in [-0.15, -0.1) is 0 Å². The smallest absolute Gasteiger partial charge is 0.342 e. The number of nitrogens with one attached hydrogen (secondary N) is 1. The van der Waals surface area contributed by atoms with Crippen LogP contribution in [0, 0.1) is 6.92 Å². The van der Waals surface area contributed by atoms with Crippen LogP contribution >= 0.6 is 0 Å². The van der Waals surface area contributed by atoms with Crippen molar-refractivity contribution in [3.8, 4) is 5.75 Å². The van der Waals surface area contributed by atoms with Crippen molar-refractivity contribution in [2.45, 2.75) is 13.3 Å². The predicted molar refractivity (Wildman–Crippen MR) is 86.3 cm³/mol. The average molecular weight is 313 g/mol. The molecule has 2 aromatic rings. The van der Waals surface area contributed by atoms with E-state index in [1.165, 1.54) is 6.07 Å². The number of para-hydroxylation sites is 1. The molecule has 0 radical (unpaired) electrons. The van der Waals surface area contributed by atoms with Crippen molar-refractivity contribution >= 4 is 11.9 Å². The largest absolute Gasteiger partial charge is 0.507 e. The molecule has 2 N–H and O–H groups in total. The third-order valence-electron chi connectivity index (χ3n) is 3.37. The second-order valence-electron chi connectivity index (χ2n) is 5.13. The maximum atomic E-state index is 11.9. The van der Waals surface area contributed by atoms with Crippen LogP contribution in [0.3, 0.4) is 0 Å². The van der Waals surface area contributed by atoms with Gasteiger partial charge in [-0.1, -0.05) is 42.5 Å². The summed E-state index contributed by atoms with van der Waals surface area (Å²) in [5.74, 6) is -1.21. The standard InChI is InChI=1S/C18H19NO4/c1-13-6-5-9-15(17(13)21)18(22)23-12-16(20)19-11-10-14-7-3-2-4-8-14/h2-9,21H,10-12H2,1H3,(H,19,20). The lowest BCUT2D eigenvalue weighted by atomic mass is 10.1. The van der Waals surface area contributed by atoms with Crippen LogP contribution in [-0.2, 0) is 16.0 Å². The molecule has 5 nitrogen and oxygen atoms in total. The van der Waals surface area contributed by atoms with Gasteiger partial charge in [0.2, 0.25) is 0 Å². The van der Waals surface area contributed by atoms with Gasteiger partial charge in [0.25, 0.3) is 5.91 Å². The van der Waals surface area contributed by atoms with E-state index in [4.69, 9.17) is 4.74 Å². The SMILES string of the molecule is Cc1cccc(C(=O)OCC(=O)NCCc2ccccc2)c1O. The van der Waals surface area contributed by atoms with Gasteiger partial charge in [-0.05, 0) is 30.5 Å². The van der Waals surface area contributed by atoms with E-state index in [9.17, 15) is 14.7 Å². The van der Waals surface area contributed by atoms with E-state index >= 15 is 0 Å². The third kappa shape index (κ3) is 4.85. The number of ether oxygens (including phenoxy) is 1. The molecule has 2 rings (SSSR count). The molecule has 0 aliphatic carbocycles. The summed E-state index contributed by atoms with van der Waals surface area (Å²) in [5, 5.41) is 12.5. The van der Waals surface area contributed by atoms with E-state index in [0.29, 0.717) is 18.5 Å². The number of hydrogen-bond acceptors (Lipinski definition) is 4. The summed E-state index contributed by atoms with van der Waals surface area (Å²) in [6.45, 7) is 1.78. The first kappa shape index (κ1) is 16.5. The van der Waals surface area contributed by atoms with E-state index in [-0.39, 0.29) is 23.8 Å². The Morgan fingerprint density at radius 1 is 1.09 bits per heavy atom. The lowest BCUT2D eigenvalue weighted by Crippen LogP contribution is -2.30. The molecule has 0 saturated carbocycles. The van der Waals surface area contributed by atoms with Crippen LogP contribution < -0.4 is 5.32 Å². The summed E-state index contributed by atoms with van der Waals surface area (Å²) in [6.07, 6.45) is 0.708. The molecule has 120 valence electrons. The van der Waals surface area contributed by atoms with Crippen molar-refractivity contribution in [2.24, 2.45) is 0 Å². The van der Waals surface area contributed by atoms with Gasteiger partial charge in [-0.25, -0.2) is 4.79 Å². The van der Waals surface area contributed by atoms with Gasteiger partial charge < -0.3 is 15.2 Å². The molecule has 0 aromatic heterocycles. The first-order valence-electron chi connectivity index (χ1n) is 7.34. The number of esters is 1. The summed E-state index contributed by atoms with van der Waals surface area (Å²) < 4.78 is 4.92. The fourth-order valence-electron chi connectivity index (χ4n) is 2.07. The van der Waals surface area contributed by atoms with Crippen molar-refractivity contribution < 1.29 is 19.4 Å². The number of aryl methyl sites for hydroxylation is 1. The number of phenols is 1. The molecule has 2 aromatic carbocycles. The number of hydrogen-bond donors (Lipinski definition) is 2. The van der Waals surface area contributed by atoms with Crippen LogP contribution in [-0.4, -0.2) is 30.1 Å². The molecule has 0 spiro atoms. The molecule has 23 heavy (non-hydrogen) atoms. The molecule has 0 aliphatic rings. The van der Waals surface area contributed by atoms with Crippen LogP contribution in [0.2, 0.25) is 0 Å². The third-order valence-corrected chi connectivity index (χ3v) is 3.37. The molecular weight excluding hydrogens is 294 g/mol. The topological polar surface area (TPSA) is 75.6 Å². The second-order valence-corrected chi connectivity index (χ2v) is 5.13. The number of carbonyl (C=O) groups excluding carboxylic acids is 2. The fraction of sp³-hybridized carbons (Fsp3) is 0.222. The van der Waals surface area contributed by atoms with Gasteiger partial charge in [0.1, 0.15) is 11.3 Å². The van der Waals surface area contributed by atoms with Crippen LogP contribution in [0.4, 0.5) is 0 Å². The van der Waals surface area contributed by atoms with E-state index < -0.39 is 5.97 Å². The Hall–Kier alpha value is -2.82. The first-order chi connectivity index (χ1) is 11.1. The highest BCUT2D eigenvalue weighted by Gasteiger charge is 2.15. The normalized spacial score (nSPS) is 10.1. The number of rotatable bonds is 6. The zero-order valence-electron chi connectivity index (χ0n) is 12.9. The van der Waals surface area contributed by atoms with E-state index in [0.717, 1.165) is 5.56 Å². The van der Waals surface area contributed by atoms with Crippen LogP contribution in [0.1, 0.15) is 21.5 Å². The zero-order chi connectivity index (χ0) is 16.7. The maximum Gasteiger partial charge on any atom is 0.342 e. The fourth-order valence-corrected chi connectivity index (χ4v) is 2.07. The Balaban J connectivity index is 1.76. The maximum absolute atomic E-state index is 11.9. The lowest BCUT2D eigenvalue weighted by Gasteiger charge is -2.08. The Bertz CT molecular complexity index is 683. The molecule has 1 amide bonds. The molecule has 0 bridgehead atoms. The van der Waals surface area contributed by atoms with Gasteiger partial charge in [-0.2, -0.15) is 0 Å². The van der Waals surface area contributed by atoms with Gasteiger partial charge >= 0.3 is 5.97 Å². The summed E-state index contributed by atoms with van der Waals surface area (Å²) in [4.78, 5) is 23.5. The summed E-state index contributed by atoms with van der Waals surface area (Å²) in [7, 11) is 0. The van der Waals surface area contributed by atoms with Crippen LogP contribution in [0.5, 0.6) is 5.75 Å². The minimum Gasteiger partial charge on any atom is -0.507 e. The van der Waals surface area contributed by atoms with Crippen LogP contribution in [0.25, 0.3) is 0 Å². The highest BCUT2D eigenvalue weighted by atomic mass is 16.5. The zero-order valence-corrected chi connectivity index (χ0v) is 12.9. The van der Waals surface area contributed by atoms with Gasteiger partial charge in [-0.3, -0.25) is 4.79 Å². The van der Waals surface area contributed by atoms with Gasteiger partial charge in [0.15, 0.2) is 6.61 Å². The van der Waals surface area contributed by atoms with Crippen molar-refractivity contribution in [1.29, 1.82) is 0 Å². The van der Waals surface area contributed by atoms with E-state index in [1.807, 2.05) is 30.3 Å². The summed E-state index contributed by atoms with van der Waals surface area (Å²) in [5.41, 5.74) is 1.75. The molecule has 0 unspecified atom stereocenters. The monoisotopic (exact) mass is 313 g/mol. The van der Waals surface area contributed by atoms with Crippen LogP contribution in [0.15, 0.2) is 48.5 Å². The Morgan fingerprint density at radius 2 is 1.83 bits per heavy atom. The minimum atomic E-state index is -0.718. The second kappa shape index (κ2) is 7.98. The molecular formula is C18H19NO4. The Labute approximate surface area is 134 Å². The molecule has 5 heteroatoms. The predicted octanol–water partition coefficient (Wildman–Crippen LogP) is 2.22. The van der Waals surface area contributed by atoms with Crippen molar-refractivity contribution in [3.63, 3.8) is 0 Å². The Morgan fingerprint density at radius 3 is 2.57 bits per heavy atom. The quantitative estimate of drug-likeness (QED) is 0.802. The Kier molecular flexibility index (Phi) is 5.74. The number of carbonyl (C=O) groups is 2. The first-order valence-corrected chi connectivity index (χ1v) is 7.34. The van der Waals surface area contributed by atoms with Gasteiger partial charge in [0.05, 0.1) is 0 Å². The molecule has 0 aliphatic heterocycles. The molecule has 0 fully saturated rings. The van der Waals surface area contributed by atoms with Gasteiger partial charge in [0, 0.05) is 6.54 Å². The number of phenolic OH excluding ortho intramolecular Hbond substituents is 1. The molecule has 0 heterocycles. The molecule has 0 atom stereocenters. The average Bonchev–Trinajstić information content (AvgIpc) is 2.56.